The minimum absolute atomic E-state index is 0.515. The highest BCUT2D eigenvalue weighted by atomic mass is 79.9. The van der Waals surface area contributed by atoms with Gasteiger partial charge in [0, 0.05) is 16.6 Å². The van der Waals surface area contributed by atoms with E-state index in [1.54, 1.807) is 0 Å². The van der Waals surface area contributed by atoms with Crippen molar-refractivity contribution in [3.63, 3.8) is 0 Å². The van der Waals surface area contributed by atoms with Crippen LogP contribution in [0, 0.1) is 5.92 Å². The zero-order valence-corrected chi connectivity index (χ0v) is 11.0. The Labute approximate surface area is 105 Å². The number of ether oxygens (including phenoxy) is 1. The van der Waals surface area contributed by atoms with Crippen LogP contribution in [-0.2, 0) is 6.54 Å². The summed E-state index contributed by atoms with van der Waals surface area (Å²) in [5.41, 5.74) is 6.80. The van der Waals surface area contributed by atoms with Crippen molar-refractivity contribution in [1.29, 1.82) is 0 Å². The quantitative estimate of drug-likeness (QED) is 0.918. The molecule has 0 amide bonds. The number of hydrogen-bond acceptors (Lipinski definition) is 2. The van der Waals surface area contributed by atoms with Gasteiger partial charge in [0.15, 0.2) is 0 Å². The summed E-state index contributed by atoms with van der Waals surface area (Å²) in [5, 5.41) is 0. The van der Waals surface area contributed by atoms with Gasteiger partial charge in [-0.15, -0.1) is 0 Å². The van der Waals surface area contributed by atoms with E-state index in [-0.39, 0.29) is 0 Å². The van der Waals surface area contributed by atoms with Gasteiger partial charge < -0.3 is 10.5 Å². The first-order valence-corrected chi connectivity index (χ1v) is 6.71. The Bertz CT molecular complexity index is 348. The van der Waals surface area contributed by atoms with Crippen LogP contribution < -0.4 is 10.5 Å². The first-order valence-electron chi connectivity index (χ1n) is 5.91. The molecule has 0 bridgehead atoms. The Morgan fingerprint density at radius 1 is 1.31 bits per heavy atom. The number of halogens is 1. The fourth-order valence-corrected chi connectivity index (χ4v) is 2.77. The Kier molecular flexibility index (Phi) is 4.24. The van der Waals surface area contributed by atoms with Crippen LogP contribution in [0.3, 0.4) is 0 Å². The molecule has 1 aliphatic carbocycles. The number of nitrogens with two attached hydrogens (primary N) is 1. The normalized spacial score (nSPS) is 16.6. The minimum Gasteiger partial charge on any atom is -0.493 e. The maximum absolute atomic E-state index is 5.88. The summed E-state index contributed by atoms with van der Waals surface area (Å²) in [4.78, 5) is 0. The molecule has 88 valence electrons. The van der Waals surface area contributed by atoms with Crippen molar-refractivity contribution in [2.45, 2.75) is 32.2 Å². The molecule has 0 spiro atoms. The molecule has 0 radical (unpaired) electrons. The summed E-state index contributed by atoms with van der Waals surface area (Å²) >= 11 is 3.50. The fourth-order valence-electron chi connectivity index (χ4n) is 2.26. The van der Waals surface area contributed by atoms with Crippen LogP contribution >= 0.6 is 15.9 Å². The molecular formula is C13H18BrNO. The smallest absolute Gasteiger partial charge is 0.124 e. The Morgan fingerprint density at radius 2 is 2.06 bits per heavy atom. The fraction of sp³-hybridized carbons (Fsp3) is 0.538. The van der Waals surface area contributed by atoms with Crippen LogP contribution in [0.5, 0.6) is 5.75 Å². The molecule has 0 unspecified atom stereocenters. The molecule has 1 aromatic carbocycles. The average molecular weight is 284 g/mol. The molecule has 0 aliphatic heterocycles. The molecule has 1 aromatic rings. The van der Waals surface area contributed by atoms with Gasteiger partial charge in [-0.2, -0.15) is 0 Å². The molecule has 1 aliphatic rings. The van der Waals surface area contributed by atoms with Gasteiger partial charge in [0.2, 0.25) is 0 Å². The van der Waals surface area contributed by atoms with E-state index in [0.717, 1.165) is 28.3 Å². The summed E-state index contributed by atoms with van der Waals surface area (Å²) in [6, 6.07) is 6.00. The molecule has 2 rings (SSSR count). The van der Waals surface area contributed by atoms with Crippen LogP contribution in [0.15, 0.2) is 22.7 Å². The van der Waals surface area contributed by atoms with E-state index in [1.807, 2.05) is 18.2 Å². The second-order valence-corrected chi connectivity index (χ2v) is 5.24. The molecular weight excluding hydrogens is 266 g/mol. The zero-order chi connectivity index (χ0) is 11.4. The summed E-state index contributed by atoms with van der Waals surface area (Å²) in [6.45, 7) is 1.35. The van der Waals surface area contributed by atoms with E-state index in [2.05, 4.69) is 15.9 Å². The number of benzene rings is 1. The van der Waals surface area contributed by atoms with Crippen molar-refractivity contribution in [1.82, 2.24) is 0 Å². The monoisotopic (exact) mass is 283 g/mol. The second-order valence-electron chi connectivity index (χ2n) is 4.38. The largest absolute Gasteiger partial charge is 0.493 e. The summed E-state index contributed by atoms with van der Waals surface area (Å²) < 4.78 is 6.92. The third kappa shape index (κ3) is 2.77. The Balaban J connectivity index is 2.00. The maximum atomic E-state index is 5.88. The Hall–Kier alpha value is -0.540. The highest BCUT2D eigenvalue weighted by Gasteiger charge is 2.16. The maximum Gasteiger partial charge on any atom is 0.124 e. The number of rotatable bonds is 4. The van der Waals surface area contributed by atoms with Crippen molar-refractivity contribution in [2.75, 3.05) is 6.61 Å². The van der Waals surface area contributed by atoms with E-state index in [1.165, 1.54) is 25.7 Å². The standard InChI is InChI=1S/C13H18BrNO/c14-12-6-3-7-13(11(12)8-15)16-9-10-4-1-2-5-10/h3,6-7,10H,1-2,4-5,8-9,15H2. The van der Waals surface area contributed by atoms with E-state index < -0.39 is 0 Å². The van der Waals surface area contributed by atoms with Gasteiger partial charge >= 0.3 is 0 Å². The van der Waals surface area contributed by atoms with E-state index in [0.29, 0.717) is 6.54 Å². The van der Waals surface area contributed by atoms with Crippen molar-refractivity contribution in [2.24, 2.45) is 11.7 Å². The highest BCUT2D eigenvalue weighted by Crippen LogP contribution is 2.29. The lowest BCUT2D eigenvalue weighted by molar-refractivity contribution is 0.250. The number of hydrogen-bond donors (Lipinski definition) is 1. The van der Waals surface area contributed by atoms with E-state index in [9.17, 15) is 0 Å². The van der Waals surface area contributed by atoms with Gasteiger partial charge in [0.05, 0.1) is 6.61 Å². The third-order valence-electron chi connectivity index (χ3n) is 3.23. The van der Waals surface area contributed by atoms with Crippen LogP contribution in [-0.4, -0.2) is 6.61 Å². The molecule has 3 heteroatoms. The second kappa shape index (κ2) is 5.69. The molecule has 0 saturated heterocycles. The van der Waals surface area contributed by atoms with Crippen LogP contribution in [0.2, 0.25) is 0 Å². The Morgan fingerprint density at radius 3 is 2.75 bits per heavy atom. The lowest BCUT2D eigenvalue weighted by atomic mass is 10.1. The molecule has 0 aromatic heterocycles. The molecule has 16 heavy (non-hydrogen) atoms. The van der Waals surface area contributed by atoms with Crippen molar-refractivity contribution in [3.05, 3.63) is 28.2 Å². The van der Waals surface area contributed by atoms with Gasteiger partial charge in [-0.3, -0.25) is 0 Å². The van der Waals surface area contributed by atoms with Gasteiger partial charge in [-0.1, -0.05) is 34.8 Å². The van der Waals surface area contributed by atoms with Gasteiger partial charge in [-0.05, 0) is 30.9 Å². The van der Waals surface area contributed by atoms with Crippen molar-refractivity contribution >= 4 is 15.9 Å². The van der Waals surface area contributed by atoms with E-state index >= 15 is 0 Å². The molecule has 2 nitrogen and oxygen atoms in total. The minimum atomic E-state index is 0.515. The lowest BCUT2D eigenvalue weighted by Crippen LogP contribution is -2.10. The predicted molar refractivity (Wildman–Crippen MR) is 69.5 cm³/mol. The first kappa shape index (κ1) is 11.9. The van der Waals surface area contributed by atoms with Gasteiger partial charge in [0.1, 0.15) is 5.75 Å². The summed E-state index contributed by atoms with van der Waals surface area (Å²) in [7, 11) is 0. The molecule has 2 N–H and O–H groups in total. The lowest BCUT2D eigenvalue weighted by Gasteiger charge is -2.14. The predicted octanol–water partition coefficient (Wildman–Crippen LogP) is 3.48. The average Bonchev–Trinajstić information content (AvgIpc) is 2.79. The first-order chi connectivity index (χ1) is 7.81. The van der Waals surface area contributed by atoms with Crippen molar-refractivity contribution in [3.8, 4) is 5.75 Å². The molecule has 0 atom stereocenters. The zero-order valence-electron chi connectivity index (χ0n) is 9.42. The molecule has 0 heterocycles. The third-order valence-corrected chi connectivity index (χ3v) is 3.97. The van der Waals surface area contributed by atoms with Gasteiger partial charge in [-0.25, -0.2) is 0 Å². The van der Waals surface area contributed by atoms with Gasteiger partial charge in [0.25, 0.3) is 0 Å². The highest BCUT2D eigenvalue weighted by molar-refractivity contribution is 9.10. The van der Waals surface area contributed by atoms with Crippen LogP contribution in [0.1, 0.15) is 31.2 Å². The van der Waals surface area contributed by atoms with E-state index in [4.69, 9.17) is 10.5 Å². The SMILES string of the molecule is NCc1c(Br)cccc1OCC1CCCC1. The van der Waals surface area contributed by atoms with Crippen LogP contribution in [0.4, 0.5) is 0 Å². The molecule has 1 fully saturated rings. The summed E-state index contributed by atoms with van der Waals surface area (Å²) in [5.74, 6) is 1.67. The topological polar surface area (TPSA) is 35.2 Å². The van der Waals surface area contributed by atoms with Crippen molar-refractivity contribution < 1.29 is 4.74 Å². The van der Waals surface area contributed by atoms with Crippen LogP contribution in [0.25, 0.3) is 0 Å². The summed E-state index contributed by atoms with van der Waals surface area (Å²) in [6.07, 6.45) is 5.34. The molecule has 1 saturated carbocycles.